The van der Waals surface area contributed by atoms with Crippen LogP contribution in [0.1, 0.15) is 19.3 Å². The third-order valence-electron chi connectivity index (χ3n) is 3.93. The van der Waals surface area contributed by atoms with E-state index in [2.05, 4.69) is 40.6 Å². The molecule has 2 aromatic heterocycles. The standard InChI is InChI=1S/C18H29BrN2O3Si/c1-25(2,3)12-11-23-14-21-8-7-15-13-16(19)18(20-17(15)21)24-10-6-4-5-9-22/h7-8,13,22H,4-6,9-12,14H2,1-3H3. The smallest absolute Gasteiger partial charge is 0.230 e. The first-order chi connectivity index (χ1) is 11.9. The first kappa shape index (κ1) is 20.4. The van der Waals surface area contributed by atoms with Crippen molar-refractivity contribution in [1.29, 1.82) is 0 Å². The van der Waals surface area contributed by atoms with Gasteiger partial charge in [-0.25, -0.2) is 0 Å². The number of aromatic nitrogens is 2. The monoisotopic (exact) mass is 428 g/mol. The highest BCUT2D eigenvalue weighted by molar-refractivity contribution is 9.10. The van der Waals surface area contributed by atoms with E-state index >= 15 is 0 Å². The Hall–Kier alpha value is -0.893. The van der Waals surface area contributed by atoms with Crippen molar-refractivity contribution in [3.05, 3.63) is 22.8 Å². The quantitative estimate of drug-likeness (QED) is 0.417. The molecule has 5 nitrogen and oxygen atoms in total. The van der Waals surface area contributed by atoms with Gasteiger partial charge < -0.3 is 19.1 Å². The summed E-state index contributed by atoms with van der Waals surface area (Å²) >= 11 is 3.53. The van der Waals surface area contributed by atoms with Crippen LogP contribution in [0.25, 0.3) is 11.0 Å². The molecule has 0 aliphatic heterocycles. The van der Waals surface area contributed by atoms with Crippen LogP contribution in [-0.2, 0) is 11.5 Å². The fourth-order valence-electron chi connectivity index (χ4n) is 2.38. The fraction of sp³-hybridized carbons (Fsp3) is 0.611. The molecule has 0 aromatic carbocycles. The highest BCUT2D eigenvalue weighted by Crippen LogP contribution is 2.28. The van der Waals surface area contributed by atoms with Crippen LogP contribution >= 0.6 is 15.9 Å². The van der Waals surface area contributed by atoms with Crippen LogP contribution in [0.2, 0.25) is 25.7 Å². The second-order valence-electron chi connectivity index (χ2n) is 7.45. The van der Waals surface area contributed by atoms with Crippen LogP contribution in [0.3, 0.4) is 0 Å². The molecule has 2 heterocycles. The molecule has 0 atom stereocenters. The summed E-state index contributed by atoms with van der Waals surface area (Å²) in [5.74, 6) is 0.610. The van der Waals surface area contributed by atoms with Gasteiger partial charge in [-0.3, -0.25) is 0 Å². The lowest BCUT2D eigenvalue weighted by molar-refractivity contribution is 0.0898. The highest BCUT2D eigenvalue weighted by Gasteiger charge is 2.13. The minimum Gasteiger partial charge on any atom is -0.477 e. The number of aliphatic hydroxyl groups excluding tert-OH is 1. The lowest BCUT2D eigenvalue weighted by atomic mass is 10.2. The molecule has 0 saturated carbocycles. The van der Waals surface area contributed by atoms with Gasteiger partial charge in [0.1, 0.15) is 12.4 Å². The molecular weight excluding hydrogens is 400 g/mol. The number of ether oxygens (including phenoxy) is 2. The number of halogens is 1. The summed E-state index contributed by atoms with van der Waals surface area (Å²) in [5.41, 5.74) is 0.876. The van der Waals surface area contributed by atoms with Crippen molar-refractivity contribution < 1.29 is 14.6 Å². The minimum atomic E-state index is -1.07. The Balaban J connectivity index is 1.96. The summed E-state index contributed by atoms with van der Waals surface area (Å²) in [4.78, 5) is 4.65. The van der Waals surface area contributed by atoms with Gasteiger partial charge in [0.15, 0.2) is 0 Å². The van der Waals surface area contributed by atoms with Crippen molar-refractivity contribution in [3.8, 4) is 5.88 Å². The second kappa shape index (κ2) is 9.71. The third-order valence-corrected chi connectivity index (χ3v) is 6.20. The Bertz CT molecular complexity index is 670. The van der Waals surface area contributed by atoms with Gasteiger partial charge in [0.05, 0.1) is 11.1 Å². The molecule has 0 radical (unpaired) electrons. The maximum absolute atomic E-state index is 8.81. The van der Waals surface area contributed by atoms with E-state index in [-0.39, 0.29) is 6.61 Å². The molecule has 0 unspecified atom stereocenters. The fourth-order valence-corrected chi connectivity index (χ4v) is 3.58. The molecule has 25 heavy (non-hydrogen) atoms. The van der Waals surface area contributed by atoms with Crippen molar-refractivity contribution >= 4 is 35.0 Å². The van der Waals surface area contributed by atoms with Gasteiger partial charge in [0, 0.05) is 32.9 Å². The Labute approximate surface area is 159 Å². The lowest BCUT2D eigenvalue weighted by Gasteiger charge is -2.15. The SMILES string of the molecule is C[Si](C)(C)CCOCn1ccc2cc(Br)c(OCCCCCO)nc21. The van der Waals surface area contributed by atoms with Crippen molar-refractivity contribution in [1.82, 2.24) is 9.55 Å². The van der Waals surface area contributed by atoms with Gasteiger partial charge in [-0.2, -0.15) is 4.98 Å². The van der Waals surface area contributed by atoms with Gasteiger partial charge in [-0.1, -0.05) is 19.6 Å². The van der Waals surface area contributed by atoms with E-state index < -0.39 is 8.07 Å². The zero-order valence-electron chi connectivity index (χ0n) is 15.4. The number of unbranched alkanes of at least 4 members (excludes halogenated alkanes) is 2. The second-order valence-corrected chi connectivity index (χ2v) is 13.9. The Morgan fingerprint density at radius 3 is 2.72 bits per heavy atom. The van der Waals surface area contributed by atoms with Crippen LogP contribution < -0.4 is 4.74 Å². The molecule has 0 bridgehead atoms. The molecule has 2 aromatic rings. The molecule has 0 saturated heterocycles. The van der Waals surface area contributed by atoms with Gasteiger partial charge in [-0.05, 0) is 53.4 Å². The van der Waals surface area contributed by atoms with Crippen LogP contribution in [0.5, 0.6) is 5.88 Å². The number of fused-ring (bicyclic) bond motifs is 1. The maximum atomic E-state index is 8.81. The lowest BCUT2D eigenvalue weighted by Crippen LogP contribution is -2.22. The summed E-state index contributed by atoms with van der Waals surface area (Å²) in [6, 6.07) is 5.23. The summed E-state index contributed by atoms with van der Waals surface area (Å²) < 4.78 is 14.5. The molecule has 1 N–H and O–H groups in total. The van der Waals surface area contributed by atoms with Crippen molar-refractivity contribution in [2.75, 3.05) is 19.8 Å². The van der Waals surface area contributed by atoms with E-state index in [0.29, 0.717) is 19.2 Å². The molecule has 2 rings (SSSR count). The van der Waals surface area contributed by atoms with E-state index in [9.17, 15) is 0 Å². The van der Waals surface area contributed by atoms with E-state index in [1.54, 1.807) is 0 Å². The molecular formula is C18H29BrN2O3Si. The predicted molar refractivity (Wildman–Crippen MR) is 108 cm³/mol. The first-order valence-electron chi connectivity index (χ1n) is 8.87. The summed E-state index contributed by atoms with van der Waals surface area (Å²) in [5, 5.41) is 9.88. The number of hydrogen-bond acceptors (Lipinski definition) is 4. The average molecular weight is 429 g/mol. The Morgan fingerprint density at radius 2 is 2.00 bits per heavy atom. The molecule has 0 amide bonds. The van der Waals surface area contributed by atoms with Crippen LogP contribution in [0, 0.1) is 0 Å². The largest absolute Gasteiger partial charge is 0.477 e. The molecule has 0 aliphatic carbocycles. The van der Waals surface area contributed by atoms with Gasteiger partial charge >= 0.3 is 0 Å². The zero-order valence-corrected chi connectivity index (χ0v) is 18.0. The summed E-state index contributed by atoms with van der Waals surface area (Å²) in [6.07, 6.45) is 4.68. The zero-order chi connectivity index (χ0) is 18.3. The number of hydrogen-bond donors (Lipinski definition) is 1. The third kappa shape index (κ3) is 6.73. The number of nitrogens with zero attached hydrogens (tertiary/aromatic N) is 2. The van der Waals surface area contributed by atoms with Gasteiger partial charge in [-0.15, -0.1) is 0 Å². The number of aliphatic hydroxyl groups is 1. The predicted octanol–water partition coefficient (Wildman–Crippen LogP) is 4.65. The van der Waals surface area contributed by atoms with Crippen LogP contribution in [0.15, 0.2) is 22.8 Å². The van der Waals surface area contributed by atoms with Crippen molar-refractivity contribution in [3.63, 3.8) is 0 Å². The van der Waals surface area contributed by atoms with Crippen LogP contribution in [-0.4, -0.2) is 42.6 Å². The minimum absolute atomic E-state index is 0.235. The molecule has 0 aliphatic rings. The molecule has 0 fully saturated rings. The molecule has 7 heteroatoms. The van der Waals surface area contributed by atoms with Crippen molar-refractivity contribution in [2.45, 2.75) is 51.7 Å². The molecule has 140 valence electrons. The van der Waals surface area contributed by atoms with E-state index in [0.717, 1.165) is 47.4 Å². The Kier molecular flexibility index (Phi) is 7.93. The van der Waals surface area contributed by atoms with E-state index in [4.69, 9.17) is 14.6 Å². The Morgan fingerprint density at radius 1 is 1.20 bits per heavy atom. The number of rotatable bonds is 11. The summed E-state index contributed by atoms with van der Waals surface area (Å²) in [7, 11) is -1.07. The number of pyridine rings is 1. The van der Waals surface area contributed by atoms with Gasteiger partial charge in [0.2, 0.25) is 5.88 Å². The van der Waals surface area contributed by atoms with E-state index in [1.165, 1.54) is 0 Å². The topological polar surface area (TPSA) is 56.5 Å². The van der Waals surface area contributed by atoms with Crippen LogP contribution in [0.4, 0.5) is 0 Å². The van der Waals surface area contributed by atoms with E-state index in [1.807, 2.05) is 22.9 Å². The maximum Gasteiger partial charge on any atom is 0.230 e. The summed E-state index contributed by atoms with van der Waals surface area (Å²) in [6.45, 7) is 9.20. The van der Waals surface area contributed by atoms with Crippen molar-refractivity contribution in [2.24, 2.45) is 0 Å². The van der Waals surface area contributed by atoms with Gasteiger partial charge in [0.25, 0.3) is 0 Å². The normalized spacial score (nSPS) is 12.0. The first-order valence-corrected chi connectivity index (χ1v) is 13.4. The highest BCUT2D eigenvalue weighted by atomic mass is 79.9. The molecule has 0 spiro atoms. The average Bonchev–Trinajstić information content (AvgIpc) is 2.92.